The maximum Gasteiger partial charge on any atom is 0.416 e. The monoisotopic (exact) mass is 407 g/mol. The number of carbonyl (C=O) groups excluding carboxylic acids is 2. The molecular weight excluding hydrogens is 390 g/mol. The van der Waals surface area contributed by atoms with Crippen LogP contribution in [-0.2, 0) is 15.8 Å². The third-order valence-corrected chi connectivity index (χ3v) is 4.52. The summed E-state index contributed by atoms with van der Waals surface area (Å²) >= 11 is 0. The quantitative estimate of drug-likeness (QED) is 0.724. The molecular formula is C20H17F4N3O2. The summed E-state index contributed by atoms with van der Waals surface area (Å²) in [4.78, 5) is 25.9. The van der Waals surface area contributed by atoms with E-state index < -0.39 is 23.5 Å². The fraction of sp³-hybridized carbons (Fsp3) is 0.250. The fourth-order valence-electron chi connectivity index (χ4n) is 2.83. The molecule has 2 amide bonds. The van der Waals surface area contributed by atoms with Gasteiger partial charge in [0.25, 0.3) is 0 Å². The number of anilines is 1. The van der Waals surface area contributed by atoms with Gasteiger partial charge >= 0.3 is 6.18 Å². The molecule has 0 radical (unpaired) electrons. The molecule has 2 aromatic carbocycles. The Morgan fingerprint density at radius 1 is 1.07 bits per heavy atom. The standard InChI is InChI=1S/C20H17F4N3O2/c1-26(16-8-6-15(21)7-9-16)19(29)12-27-18(28)11-10-17(25-27)13-2-4-14(5-3-13)20(22,23)24/h2-9H,10-12H2,1H3. The van der Waals surface area contributed by atoms with Crippen molar-refractivity contribution in [1.82, 2.24) is 5.01 Å². The van der Waals surface area contributed by atoms with E-state index in [1.807, 2.05) is 0 Å². The van der Waals surface area contributed by atoms with Crippen molar-refractivity contribution in [1.29, 1.82) is 0 Å². The van der Waals surface area contributed by atoms with Crippen molar-refractivity contribution in [2.45, 2.75) is 19.0 Å². The van der Waals surface area contributed by atoms with Crippen LogP contribution in [0.4, 0.5) is 23.2 Å². The predicted octanol–water partition coefficient (Wildman–Crippen LogP) is 3.83. The molecule has 0 aromatic heterocycles. The van der Waals surface area contributed by atoms with Crippen LogP contribution in [0.5, 0.6) is 0 Å². The number of likely N-dealkylation sites (N-methyl/N-ethyl adjacent to an activating group) is 1. The zero-order chi connectivity index (χ0) is 21.2. The lowest BCUT2D eigenvalue weighted by atomic mass is 10.0. The van der Waals surface area contributed by atoms with Crippen LogP contribution in [0, 0.1) is 5.82 Å². The van der Waals surface area contributed by atoms with Crippen LogP contribution in [0.25, 0.3) is 0 Å². The Kier molecular flexibility index (Phi) is 5.67. The second-order valence-electron chi connectivity index (χ2n) is 6.50. The first-order chi connectivity index (χ1) is 13.6. The van der Waals surface area contributed by atoms with Gasteiger partial charge in [-0.3, -0.25) is 9.59 Å². The topological polar surface area (TPSA) is 53.0 Å². The summed E-state index contributed by atoms with van der Waals surface area (Å²) in [6.45, 7) is -0.336. The summed E-state index contributed by atoms with van der Waals surface area (Å²) in [5.74, 6) is -1.24. The van der Waals surface area contributed by atoms with Crippen molar-refractivity contribution in [3.63, 3.8) is 0 Å². The molecule has 152 valence electrons. The zero-order valence-electron chi connectivity index (χ0n) is 15.4. The zero-order valence-corrected chi connectivity index (χ0v) is 15.4. The Hall–Kier alpha value is -3.23. The first-order valence-corrected chi connectivity index (χ1v) is 8.73. The Labute approximate surface area is 164 Å². The second-order valence-corrected chi connectivity index (χ2v) is 6.50. The molecule has 29 heavy (non-hydrogen) atoms. The van der Waals surface area contributed by atoms with Crippen LogP contribution in [0.1, 0.15) is 24.0 Å². The summed E-state index contributed by atoms with van der Waals surface area (Å²) in [6.07, 6.45) is -4.08. The van der Waals surface area contributed by atoms with Gasteiger partial charge in [0.05, 0.1) is 11.3 Å². The molecule has 0 saturated carbocycles. The van der Waals surface area contributed by atoms with Gasteiger partial charge in [-0.15, -0.1) is 0 Å². The third kappa shape index (κ3) is 4.79. The molecule has 1 aliphatic rings. The number of carbonyl (C=O) groups is 2. The molecule has 0 atom stereocenters. The highest BCUT2D eigenvalue weighted by atomic mass is 19.4. The van der Waals surface area contributed by atoms with Gasteiger partial charge in [-0.25, -0.2) is 9.40 Å². The minimum absolute atomic E-state index is 0.0907. The average Bonchev–Trinajstić information content (AvgIpc) is 2.69. The Morgan fingerprint density at radius 3 is 2.28 bits per heavy atom. The van der Waals surface area contributed by atoms with Crippen molar-refractivity contribution in [2.24, 2.45) is 5.10 Å². The van der Waals surface area contributed by atoms with Crippen LogP contribution in [-0.4, -0.2) is 36.1 Å². The molecule has 2 aromatic rings. The highest BCUT2D eigenvalue weighted by Gasteiger charge is 2.30. The van der Waals surface area contributed by atoms with Crippen LogP contribution in [0.15, 0.2) is 53.6 Å². The van der Waals surface area contributed by atoms with E-state index >= 15 is 0 Å². The third-order valence-electron chi connectivity index (χ3n) is 4.52. The molecule has 1 heterocycles. The lowest BCUT2D eigenvalue weighted by Gasteiger charge is -2.25. The molecule has 1 aliphatic heterocycles. The molecule has 0 unspecified atom stereocenters. The van der Waals surface area contributed by atoms with Crippen LogP contribution in [0.3, 0.4) is 0 Å². The van der Waals surface area contributed by atoms with Gasteiger partial charge in [-0.05, 0) is 42.0 Å². The minimum atomic E-state index is -4.44. The van der Waals surface area contributed by atoms with Gasteiger partial charge in [0, 0.05) is 25.6 Å². The van der Waals surface area contributed by atoms with E-state index in [0.29, 0.717) is 17.0 Å². The lowest BCUT2D eigenvalue weighted by molar-refractivity contribution is -0.137. The van der Waals surface area contributed by atoms with Gasteiger partial charge < -0.3 is 4.90 Å². The fourth-order valence-corrected chi connectivity index (χ4v) is 2.83. The molecule has 0 aliphatic carbocycles. The second kappa shape index (κ2) is 8.02. The predicted molar refractivity (Wildman–Crippen MR) is 98.7 cm³/mol. The number of alkyl halides is 3. The minimum Gasteiger partial charge on any atom is -0.314 e. The van der Waals surface area contributed by atoms with Crippen LogP contribution < -0.4 is 4.90 Å². The summed E-state index contributed by atoms with van der Waals surface area (Å²) in [5.41, 5.74) is 0.555. The summed E-state index contributed by atoms with van der Waals surface area (Å²) < 4.78 is 51.2. The molecule has 0 fully saturated rings. The molecule has 9 heteroatoms. The van der Waals surface area contributed by atoms with Gasteiger partial charge in [0.1, 0.15) is 12.4 Å². The molecule has 0 spiro atoms. The van der Waals surface area contributed by atoms with Crippen molar-refractivity contribution in [3.05, 3.63) is 65.5 Å². The highest BCUT2D eigenvalue weighted by Crippen LogP contribution is 2.29. The largest absolute Gasteiger partial charge is 0.416 e. The van der Waals surface area contributed by atoms with E-state index in [0.717, 1.165) is 17.1 Å². The average molecular weight is 407 g/mol. The maximum absolute atomic E-state index is 13.0. The number of amides is 2. The lowest BCUT2D eigenvalue weighted by Crippen LogP contribution is -2.41. The molecule has 5 nitrogen and oxygen atoms in total. The van der Waals surface area contributed by atoms with Crippen LogP contribution >= 0.6 is 0 Å². The number of rotatable bonds is 4. The van der Waals surface area contributed by atoms with E-state index in [-0.39, 0.29) is 25.3 Å². The summed E-state index contributed by atoms with van der Waals surface area (Å²) in [5, 5.41) is 5.18. The molecule has 3 rings (SSSR count). The number of hydrogen-bond acceptors (Lipinski definition) is 3. The normalized spacial score (nSPS) is 14.6. The molecule has 0 saturated heterocycles. The van der Waals surface area contributed by atoms with Gasteiger partial charge in [0.15, 0.2) is 0 Å². The number of halogens is 4. The van der Waals surface area contributed by atoms with E-state index in [2.05, 4.69) is 5.10 Å². The SMILES string of the molecule is CN(C(=O)CN1N=C(c2ccc(C(F)(F)F)cc2)CCC1=O)c1ccc(F)cc1. The van der Waals surface area contributed by atoms with E-state index in [9.17, 15) is 27.2 Å². The number of nitrogens with zero attached hydrogens (tertiary/aromatic N) is 3. The summed E-state index contributed by atoms with van der Waals surface area (Å²) in [6, 6.07) is 9.78. The Morgan fingerprint density at radius 2 is 1.69 bits per heavy atom. The van der Waals surface area contributed by atoms with Gasteiger partial charge in [-0.2, -0.15) is 18.3 Å². The molecule has 0 N–H and O–H groups in total. The number of benzene rings is 2. The van der Waals surface area contributed by atoms with E-state index in [1.54, 1.807) is 0 Å². The number of hydrogen-bond donors (Lipinski definition) is 0. The Balaban J connectivity index is 1.75. The van der Waals surface area contributed by atoms with Gasteiger partial charge in [0.2, 0.25) is 11.8 Å². The number of hydrazone groups is 1. The molecule has 0 bridgehead atoms. The van der Waals surface area contributed by atoms with E-state index in [4.69, 9.17) is 0 Å². The van der Waals surface area contributed by atoms with Gasteiger partial charge in [-0.1, -0.05) is 12.1 Å². The van der Waals surface area contributed by atoms with Crippen molar-refractivity contribution in [2.75, 3.05) is 18.5 Å². The maximum atomic E-state index is 13.0. The smallest absolute Gasteiger partial charge is 0.314 e. The Bertz CT molecular complexity index is 938. The summed E-state index contributed by atoms with van der Waals surface area (Å²) in [7, 11) is 1.49. The van der Waals surface area contributed by atoms with Crippen molar-refractivity contribution < 1.29 is 27.2 Å². The van der Waals surface area contributed by atoms with E-state index in [1.165, 1.54) is 48.3 Å². The first-order valence-electron chi connectivity index (χ1n) is 8.73. The highest BCUT2D eigenvalue weighted by molar-refractivity contribution is 6.05. The first kappa shape index (κ1) is 20.5. The van der Waals surface area contributed by atoms with Crippen molar-refractivity contribution >= 4 is 23.2 Å². The van der Waals surface area contributed by atoms with Crippen molar-refractivity contribution in [3.8, 4) is 0 Å². The van der Waals surface area contributed by atoms with Crippen LogP contribution in [0.2, 0.25) is 0 Å².